The number of nitrogens with one attached hydrogen (secondary N) is 3. The van der Waals surface area contributed by atoms with Crippen LogP contribution >= 0.6 is 0 Å². The summed E-state index contributed by atoms with van der Waals surface area (Å²) in [6.07, 6.45) is 5.99. The Balaban J connectivity index is 1.55. The van der Waals surface area contributed by atoms with Crippen molar-refractivity contribution in [1.29, 1.82) is 10.8 Å². The zero-order chi connectivity index (χ0) is 25.5. The predicted octanol–water partition coefficient (Wildman–Crippen LogP) is 5.15. The molecular formula is C28H31N5O3. The van der Waals surface area contributed by atoms with Gasteiger partial charge in [-0.2, -0.15) is 0 Å². The largest absolute Gasteiger partial charge is 0.457 e. The SMILES string of the molecule is N=C(N)c1ccc(Oc2cc(Oc3ccc(C(=N)N)cc3)cc(C(=O)NCC3CCCCC3)c2)cc1. The highest BCUT2D eigenvalue weighted by Gasteiger charge is 2.17. The van der Waals surface area contributed by atoms with E-state index in [1.54, 1.807) is 66.7 Å². The molecule has 3 aromatic carbocycles. The molecule has 1 saturated carbocycles. The van der Waals surface area contributed by atoms with Gasteiger partial charge in [-0.15, -0.1) is 0 Å². The highest BCUT2D eigenvalue weighted by atomic mass is 16.5. The molecule has 0 unspecified atom stereocenters. The van der Waals surface area contributed by atoms with Crippen LogP contribution in [-0.2, 0) is 0 Å². The predicted molar refractivity (Wildman–Crippen MR) is 140 cm³/mol. The zero-order valence-electron chi connectivity index (χ0n) is 20.1. The van der Waals surface area contributed by atoms with Crippen LogP contribution in [0.5, 0.6) is 23.0 Å². The van der Waals surface area contributed by atoms with E-state index in [0.717, 1.165) is 12.8 Å². The van der Waals surface area contributed by atoms with Gasteiger partial charge in [0, 0.05) is 29.3 Å². The van der Waals surface area contributed by atoms with Crippen molar-refractivity contribution in [2.75, 3.05) is 6.54 Å². The zero-order valence-corrected chi connectivity index (χ0v) is 20.1. The number of carbonyl (C=O) groups excluding carboxylic acids is 1. The van der Waals surface area contributed by atoms with Gasteiger partial charge in [0.25, 0.3) is 5.91 Å². The van der Waals surface area contributed by atoms with Gasteiger partial charge in [0.2, 0.25) is 0 Å². The first-order valence-corrected chi connectivity index (χ1v) is 12.1. The fourth-order valence-electron chi connectivity index (χ4n) is 4.23. The molecular weight excluding hydrogens is 454 g/mol. The molecule has 0 radical (unpaired) electrons. The summed E-state index contributed by atoms with van der Waals surface area (Å²) in [5.41, 5.74) is 12.7. The molecule has 0 atom stereocenters. The quantitative estimate of drug-likeness (QED) is 0.210. The Kier molecular flexibility index (Phi) is 7.85. The molecule has 36 heavy (non-hydrogen) atoms. The molecule has 0 bridgehead atoms. The van der Waals surface area contributed by atoms with Crippen LogP contribution in [0.25, 0.3) is 0 Å². The van der Waals surface area contributed by atoms with Crippen LogP contribution in [0, 0.1) is 16.7 Å². The van der Waals surface area contributed by atoms with Gasteiger partial charge in [0.15, 0.2) is 0 Å². The Morgan fingerprint density at radius 2 is 1.19 bits per heavy atom. The summed E-state index contributed by atoms with van der Waals surface area (Å²) in [6.45, 7) is 0.652. The normalized spacial score (nSPS) is 13.6. The van der Waals surface area contributed by atoms with E-state index < -0.39 is 0 Å². The first kappa shape index (κ1) is 24.8. The molecule has 0 heterocycles. The number of rotatable bonds is 9. The molecule has 0 saturated heterocycles. The van der Waals surface area contributed by atoms with Crippen molar-refractivity contribution in [2.24, 2.45) is 17.4 Å². The summed E-state index contributed by atoms with van der Waals surface area (Å²) < 4.78 is 12.0. The van der Waals surface area contributed by atoms with Crippen molar-refractivity contribution < 1.29 is 14.3 Å². The molecule has 186 valence electrons. The van der Waals surface area contributed by atoms with Crippen molar-refractivity contribution in [3.8, 4) is 23.0 Å². The lowest BCUT2D eigenvalue weighted by Gasteiger charge is -2.21. The van der Waals surface area contributed by atoms with Crippen molar-refractivity contribution in [3.05, 3.63) is 83.4 Å². The standard InChI is InChI=1S/C28H31N5O3/c29-26(30)19-6-10-22(11-7-19)35-24-14-21(28(34)33-17-18-4-2-1-3-5-18)15-25(16-24)36-23-12-8-20(9-13-23)27(31)32/h6-16,18H,1-5,17H2,(H3,29,30)(H3,31,32)(H,33,34). The average molecular weight is 486 g/mol. The molecule has 8 nitrogen and oxygen atoms in total. The minimum Gasteiger partial charge on any atom is -0.457 e. The van der Waals surface area contributed by atoms with Gasteiger partial charge in [-0.3, -0.25) is 15.6 Å². The lowest BCUT2D eigenvalue weighted by molar-refractivity contribution is 0.0943. The van der Waals surface area contributed by atoms with E-state index >= 15 is 0 Å². The summed E-state index contributed by atoms with van der Waals surface area (Å²) in [5.74, 6) is 2.23. The molecule has 1 amide bonds. The number of ether oxygens (including phenoxy) is 2. The van der Waals surface area contributed by atoms with Crippen molar-refractivity contribution in [1.82, 2.24) is 5.32 Å². The summed E-state index contributed by atoms with van der Waals surface area (Å²) in [4.78, 5) is 13.0. The van der Waals surface area contributed by atoms with E-state index in [2.05, 4.69) is 5.32 Å². The smallest absolute Gasteiger partial charge is 0.251 e. The Morgan fingerprint density at radius 3 is 1.64 bits per heavy atom. The number of carbonyl (C=O) groups is 1. The van der Waals surface area contributed by atoms with Crippen LogP contribution < -0.4 is 26.3 Å². The van der Waals surface area contributed by atoms with Crippen LogP contribution in [0.4, 0.5) is 0 Å². The van der Waals surface area contributed by atoms with E-state index in [4.69, 9.17) is 31.8 Å². The molecule has 0 aromatic heterocycles. The summed E-state index contributed by atoms with van der Waals surface area (Å²) in [6, 6.07) is 18.7. The van der Waals surface area contributed by atoms with Crippen LogP contribution in [0.15, 0.2) is 66.7 Å². The van der Waals surface area contributed by atoms with Gasteiger partial charge in [-0.05, 0) is 79.4 Å². The van der Waals surface area contributed by atoms with Crippen LogP contribution in [0.1, 0.15) is 53.6 Å². The van der Waals surface area contributed by atoms with Gasteiger partial charge < -0.3 is 26.3 Å². The van der Waals surface area contributed by atoms with Crippen LogP contribution in [-0.4, -0.2) is 24.1 Å². The topological polar surface area (TPSA) is 147 Å². The fourth-order valence-corrected chi connectivity index (χ4v) is 4.23. The molecule has 7 N–H and O–H groups in total. The number of nitrogens with two attached hydrogens (primary N) is 2. The Hall–Kier alpha value is -4.33. The number of benzene rings is 3. The molecule has 8 heteroatoms. The Morgan fingerprint density at radius 1 is 0.722 bits per heavy atom. The fraction of sp³-hybridized carbons (Fsp3) is 0.250. The lowest BCUT2D eigenvalue weighted by atomic mass is 9.89. The van der Waals surface area contributed by atoms with Gasteiger partial charge in [0.1, 0.15) is 34.7 Å². The number of amides is 1. The van der Waals surface area contributed by atoms with Crippen LogP contribution in [0.2, 0.25) is 0 Å². The second-order valence-electron chi connectivity index (χ2n) is 8.99. The minimum atomic E-state index is -0.185. The van der Waals surface area contributed by atoms with E-state index in [0.29, 0.717) is 52.2 Å². The van der Waals surface area contributed by atoms with Crippen molar-refractivity contribution in [2.45, 2.75) is 32.1 Å². The molecule has 0 spiro atoms. The van der Waals surface area contributed by atoms with E-state index in [1.807, 2.05) is 0 Å². The van der Waals surface area contributed by atoms with Crippen molar-refractivity contribution in [3.63, 3.8) is 0 Å². The highest BCUT2D eigenvalue weighted by molar-refractivity contribution is 5.96. The molecule has 4 rings (SSSR count). The maximum absolute atomic E-state index is 13.0. The molecule has 0 aliphatic heterocycles. The Bertz CT molecular complexity index is 1160. The maximum atomic E-state index is 13.0. The number of hydrogen-bond donors (Lipinski definition) is 5. The average Bonchev–Trinajstić information content (AvgIpc) is 2.88. The van der Waals surface area contributed by atoms with Crippen LogP contribution in [0.3, 0.4) is 0 Å². The highest BCUT2D eigenvalue weighted by Crippen LogP contribution is 2.31. The molecule has 3 aromatic rings. The second-order valence-corrected chi connectivity index (χ2v) is 8.99. The second kappa shape index (κ2) is 11.4. The number of amidine groups is 2. The van der Waals surface area contributed by atoms with Gasteiger partial charge in [-0.1, -0.05) is 19.3 Å². The number of nitrogen functional groups attached to an aromatic ring is 2. The van der Waals surface area contributed by atoms with E-state index in [9.17, 15) is 4.79 Å². The summed E-state index contributed by atoms with van der Waals surface area (Å²) in [7, 11) is 0. The summed E-state index contributed by atoms with van der Waals surface area (Å²) in [5, 5.41) is 18.2. The monoisotopic (exact) mass is 485 g/mol. The third kappa shape index (κ3) is 6.63. The minimum absolute atomic E-state index is 0.0235. The third-order valence-corrected chi connectivity index (χ3v) is 6.22. The van der Waals surface area contributed by atoms with Gasteiger partial charge >= 0.3 is 0 Å². The number of hydrogen-bond acceptors (Lipinski definition) is 5. The first-order chi connectivity index (χ1) is 17.4. The third-order valence-electron chi connectivity index (χ3n) is 6.22. The van der Waals surface area contributed by atoms with Crippen molar-refractivity contribution >= 4 is 17.6 Å². The lowest BCUT2D eigenvalue weighted by Crippen LogP contribution is -2.30. The molecule has 1 fully saturated rings. The molecule has 1 aliphatic carbocycles. The maximum Gasteiger partial charge on any atom is 0.251 e. The van der Waals surface area contributed by atoms with Gasteiger partial charge in [0.05, 0.1) is 0 Å². The summed E-state index contributed by atoms with van der Waals surface area (Å²) >= 11 is 0. The van der Waals surface area contributed by atoms with E-state index in [-0.39, 0.29) is 17.6 Å². The van der Waals surface area contributed by atoms with E-state index in [1.165, 1.54) is 19.3 Å². The van der Waals surface area contributed by atoms with Gasteiger partial charge in [-0.25, -0.2) is 0 Å². The first-order valence-electron chi connectivity index (χ1n) is 12.1. The Labute approximate surface area is 210 Å². The molecule has 1 aliphatic rings.